The number of hydrogen-bond acceptors (Lipinski definition) is 5. The van der Waals surface area contributed by atoms with Crippen LogP contribution in [0.15, 0.2) is 84.9 Å². The second-order valence-corrected chi connectivity index (χ2v) is 11.4. The summed E-state index contributed by atoms with van der Waals surface area (Å²) in [6, 6.07) is 29.0. The molecule has 3 aromatic carbocycles. The lowest BCUT2D eigenvalue weighted by atomic mass is 9.93. The van der Waals surface area contributed by atoms with Gasteiger partial charge in [0, 0.05) is 24.7 Å². The summed E-state index contributed by atoms with van der Waals surface area (Å²) in [6.45, 7) is 4.67. The van der Waals surface area contributed by atoms with Gasteiger partial charge in [0.05, 0.1) is 16.6 Å². The Labute approximate surface area is 248 Å². The minimum atomic E-state index is -1.10. The average molecular weight is 574 g/mol. The molecule has 2 heterocycles. The van der Waals surface area contributed by atoms with Crippen LogP contribution in [0.3, 0.4) is 0 Å². The smallest absolute Gasteiger partial charge is 0.241 e. The molecule has 4 aromatic rings. The van der Waals surface area contributed by atoms with Gasteiger partial charge in [0.1, 0.15) is 5.82 Å². The molecule has 41 heavy (non-hydrogen) atoms. The Balaban J connectivity index is 0.00000387. The first-order valence-corrected chi connectivity index (χ1v) is 14.2. The van der Waals surface area contributed by atoms with Crippen molar-refractivity contribution in [3.05, 3.63) is 90.5 Å². The molecule has 0 bridgehead atoms. The monoisotopic (exact) mass is 573 g/mol. The standard InChI is InChI=1S/C33H39N5O2.ClH/c1-32(2,34)31(40)36-33(24-39,21-11-14-25-12-5-3-6-13-25)37-22-19-27(20-23-37)38-29-18-10-9-17-28(29)35-30(38)26-15-7-4-8-16-26;/h3-10,12-13,15-18,24,27H,11,14,19-23,34H2,1-2H3,(H,36,40);1H. The third kappa shape index (κ3) is 6.70. The molecule has 1 fully saturated rings. The van der Waals surface area contributed by atoms with E-state index in [2.05, 4.69) is 57.2 Å². The van der Waals surface area contributed by atoms with Crippen LogP contribution in [-0.2, 0) is 16.0 Å². The van der Waals surface area contributed by atoms with Crippen molar-refractivity contribution in [1.29, 1.82) is 0 Å². The zero-order valence-electron chi connectivity index (χ0n) is 23.8. The van der Waals surface area contributed by atoms with Crippen molar-refractivity contribution in [3.8, 4) is 11.4 Å². The molecule has 1 amide bonds. The van der Waals surface area contributed by atoms with Gasteiger partial charge in [-0.25, -0.2) is 4.98 Å². The third-order valence-corrected chi connectivity index (χ3v) is 8.00. The molecule has 1 aliphatic heterocycles. The highest BCUT2D eigenvalue weighted by molar-refractivity contribution is 5.88. The number of hydrogen-bond donors (Lipinski definition) is 2. The number of carbonyl (C=O) groups is 2. The number of benzene rings is 3. The SMILES string of the molecule is CC(C)(N)C(=O)NC(C=O)(CCCc1ccccc1)N1CCC(n2c(-c3ccccc3)nc3ccccc32)CC1.Cl. The number of aryl methyl sites for hydroxylation is 1. The van der Waals surface area contributed by atoms with Crippen LogP contribution in [0.5, 0.6) is 0 Å². The maximum atomic E-state index is 13.1. The van der Waals surface area contributed by atoms with Crippen molar-refractivity contribution >= 4 is 35.6 Å². The molecule has 1 unspecified atom stereocenters. The number of piperidine rings is 1. The van der Waals surface area contributed by atoms with Crippen molar-refractivity contribution in [1.82, 2.24) is 19.8 Å². The largest absolute Gasteiger partial charge is 0.330 e. The van der Waals surface area contributed by atoms with E-state index in [1.807, 2.05) is 42.5 Å². The highest BCUT2D eigenvalue weighted by Gasteiger charge is 2.42. The molecule has 1 aromatic heterocycles. The Morgan fingerprint density at radius 3 is 2.22 bits per heavy atom. The lowest BCUT2D eigenvalue weighted by molar-refractivity contribution is -0.137. The van der Waals surface area contributed by atoms with Gasteiger partial charge >= 0.3 is 0 Å². The van der Waals surface area contributed by atoms with Crippen LogP contribution in [0.4, 0.5) is 0 Å². The van der Waals surface area contributed by atoms with Gasteiger partial charge in [0.25, 0.3) is 0 Å². The molecule has 216 valence electrons. The number of fused-ring (bicyclic) bond motifs is 1. The van der Waals surface area contributed by atoms with Crippen molar-refractivity contribution < 1.29 is 9.59 Å². The zero-order chi connectivity index (χ0) is 28.2. The molecule has 0 saturated carbocycles. The van der Waals surface area contributed by atoms with Crippen LogP contribution in [0.25, 0.3) is 22.4 Å². The van der Waals surface area contributed by atoms with E-state index in [1.165, 1.54) is 5.56 Å². The van der Waals surface area contributed by atoms with Crippen molar-refractivity contribution in [2.75, 3.05) is 13.1 Å². The van der Waals surface area contributed by atoms with Crippen LogP contribution >= 0.6 is 12.4 Å². The molecule has 7 nitrogen and oxygen atoms in total. The minimum Gasteiger partial charge on any atom is -0.330 e. The summed E-state index contributed by atoms with van der Waals surface area (Å²) in [7, 11) is 0. The quantitative estimate of drug-likeness (QED) is 0.243. The normalized spacial score (nSPS) is 16.1. The lowest BCUT2D eigenvalue weighted by Gasteiger charge is -2.45. The molecule has 1 aliphatic rings. The van der Waals surface area contributed by atoms with Crippen LogP contribution in [0.2, 0.25) is 0 Å². The lowest BCUT2D eigenvalue weighted by Crippen LogP contribution is -2.67. The van der Waals surface area contributed by atoms with Gasteiger partial charge in [-0.3, -0.25) is 14.5 Å². The number of para-hydroxylation sites is 2. The number of nitrogens with one attached hydrogen (secondary N) is 1. The third-order valence-electron chi connectivity index (χ3n) is 8.00. The number of carbonyl (C=O) groups excluding carboxylic acids is 2. The van der Waals surface area contributed by atoms with Crippen LogP contribution in [-0.4, -0.2) is 50.9 Å². The highest BCUT2D eigenvalue weighted by atomic mass is 35.5. The van der Waals surface area contributed by atoms with Crippen LogP contribution in [0, 0.1) is 0 Å². The summed E-state index contributed by atoms with van der Waals surface area (Å²) in [4.78, 5) is 33.1. The summed E-state index contributed by atoms with van der Waals surface area (Å²) in [5.74, 6) is 0.636. The number of aromatic nitrogens is 2. The van der Waals surface area contributed by atoms with E-state index in [0.29, 0.717) is 19.5 Å². The Bertz CT molecular complexity index is 1440. The molecule has 8 heteroatoms. The molecule has 1 atom stereocenters. The van der Waals surface area contributed by atoms with Gasteiger partial charge < -0.3 is 15.6 Å². The Kier molecular flexibility index (Phi) is 9.64. The van der Waals surface area contributed by atoms with Gasteiger partial charge in [0.2, 0.25) is 5.91 Å². The first kappa shape index (κ1) is 30.4. The summed E-state index contributed by atoms with van der Waals surface area (Å²) >= 11 is 0. The maximum absolute atomic E-state index is 13.1. The topological polar surface area (TPSA) is 93.2 Å². The number of likely N-dealkylation sites (tertiary alicyclic amines) is 1. The number of amides is 1. The van der Waals surface area contributed by atoms with Gasteiger partial charge in [-0.1, -0.05) is 72.8 Å². The predicted octanol–water partition coefficient (Wildman–Crippen LogP) is 5.53. The summed E-state index contributed by atoms with van der Waals surface area (Å²) in [6.07, 6.45) is 4.69. The van der Waals surface area contributed by atoms with Crippen molar-refractivity contribution in [2.45, 2.75) is 63.2 Å². The minimum absolute atomic E-state index is 0. The number of aldehydes is 1. The predicted molar refractivity (Wildman–Crippen MR) is 167 cm³/mol. The molecule has 0 radical (unpaired) electrons. The maximum Gasteiger partial charge on any atom is 0.241 e. The van der Waals surface area contributed by atoms with E-state index in [-0.39, 0.29) is 24.4 Å². The number of nitrogens with zero attached hydrogens (tertiary/aromatic N) is 3. The van der Waals surface area contributed by atoms with E-state index >= 15 is 0 Å². The molecule has 0 aliphatic carbocycles. The van der Waals surface area contributed by atoms with Gasteiger partial charge in [0.15, 0.2) is 11.9 Å². The molecular weight excluding hydrogens is 534 g/mol. The Morgan fingerprint density at radius 2 is 1.59 bits per heavy atom. The van der Waals surface area contributed by atoms with Gasteiger partial charge in [-0.05, 0) is 63.6 Å². The first-order valence-electron chi connectivity index (χ1n) is 14.2. The van der Waals surface area contributed by atoms with E-state index in [1.54, 1.807) is 13.8 Å². The zero-order valence-corrected chi connectivity index (χ0v) is 24.6. The molecule has 3 N–H and O–H groups in total. The second-order valence-electron chi connectivity index (χ2n) is 11.4. The summed E-state index contributed by atoms with van der Waals surface area (Å²) in [5.41, 5.74) is 8.34. The van der Waals surface area contributed by atoms with Crippen molar-refractivity contribution in [3.63, 3.8) is 0 Å². The number of rotatable bonds is 10. The Morgan fingerprint density at radius 1 is 0.976 bits per heavy atom. The Hall–Kier alpha value is -3.52. The summed E-state index contributed by atoms with van der Waals surface area (Å²) in [5, 5.41) is 3.07. The van der Waals surface area contributed by atoms with E-state index < -0.39 is 11.2 Å². The van der Waals surface area contributed by atoms with Crippen LogP contribution in [0.1, 0.15) is 51.1 Å². The highest BCUT2D eigenvalue weighted by Crippen LogP contribution is 2.35. The van der Waals surface area contributed by atoms with Crippen LogP contribution < -0.4 is 11.1 Å². The molecular formula is C33H40ClN5O2. The molecule has 0 spiro atoms. The fourth-order valence-electron chi connectivity index (χ4n) is 5.76. The fraction of sp³-hybridized carbons (Fsp3) is 0.364. The van der Waals surface area contributed by atoms with Crippen molar-refractivity contribution in [2.24, 2.45) is 5.73 Å². The molecule has 5 rings (SSSR count). The van der Waals surface area contributed by atoms with E-state index in [4.69, 9.17) is 10.7 Å². The average Bonchev–Trinajstić information content (AvgIpc) is 3.37. The summed E-state index contributed by atoms with van der Waals surface area (Å²) < 4.78 is 2.36. The van der Waals surface area contributed by atoms with E-state index in [0.717, 1.165) is 54.4 Å². The number of halogens is 1. The first-order chi connectivity index (χ1) is 19.3. The fourth-order valence-corrected chi connectivity index (χ4v) is 5.76. The van der Waals surface area contributed by atoms with Gasteiger partial charge in [-0.2, -0.15) is 0 Å². The van der Waals surface area contributed by atoms with Gasteiger partial charge in [-0.15, -0.1) is 12.4 Å². The molecule has 1 saturated heterocycles. The number of imidazole rings is 1. The second kappa shape index (κ2) is 13.0. The number of nitrogens with two attached hydrogens (primary N) is 1. The van der Waals surface area contributed by atoms with E-state index in [9.17, 15) is 9.59 Å².